The second-order valence-corrected chi connectivity index (χ2v) is 7.05. The number of likely N-dealkylation sites (tertiary alicyclic amines) is 1. The molecule has 164 valence electrons. The molecule has 1 saturated heterocycles. The van der Waals surface area contributed by atoms with Crippen LogP contribution in [0.15, 0.2) is 54.1 Å². The van der Waals surface area contributed by atoms with Gasteiger partial charge in [0.15, 0.2) is 11.5 Å². The molecule has 1 amide bonds. The number of ketones is 1. The number of methoxy groups -OCH3 is 2. The Bertz CT molecular complexity index is 969. The summed E-state index contributed by atoms with van der Waals surface area (Å²) in [5.74, 6) is -0.510. The van der Waals surface area contributed by atoms with Gasteiger partial charge in [0.2, 0.25) is 0 Å². The number of Topliss-reactive ketones (excluding diaryl/α,β-unsaturated/α-hetero) is 1. The van der Waals surface area contributed by atoms with Crippen molar-refractivity contribution in [1.29, 1.82) is 0 Å². The van der Waals surface area contributed by atoms with Gasteiger partial charge in [0.25, 0.3) is 11.7 Å². The lowest BCUT2D eigenvalue weighted by Gasteiger charge is -2.26. The molecule has 31 heavy (non-hydrogen) atoms. The zero-order chi connectivity index (χ0) is 22.4. The summed E-state index contributed by atoms with van der Waals surface area (Å²) in [6.07, 6.45) is 0.555. The van der Waals surface area contributed by atoms with Gasteiger partial charge in [0.05, 0.1) is 25.3 Å². The van der Waals surface area contributed by atoms with E-state index in [2.05, 4.69) is 0 Å². The van der Waals surface area contributed by atoms with Crippen molar-refractivity contribution in [2.24, 2.45) is 0 Å². The number of ether oxygens (including phenoxy) is 3. The van der Waals surface area contributed by atoms with Crippen LogP contribution >= 0.6 is 0 Å². The Morgan fingerprint density at radius 2 is 1.81 bits per heavy atom. The van der Waals surface area contributed by atoms with Crippen molar-refractivity contribution < 1.29 is 28.9 Å². The van der Waals surface area contributed by atoms with Gasteiger partial charge in [-0.3, -0.25) is 9.59 Å². The molecule has 0 spiro atoms. The largest absolute Gasteiger partial charge is 0.507 e. The van der Waals surface area contributed by atoms with Gasteiger partial charge in [-0.1, -0.05) is 36.4 Å². The highest BCUT2D eigenvalue weighted by Crippen LogP contribution is 2.42. The number of rotatable bonds is 9. The zero-order valence-electron chi connectivity index (χ0n) is 18.0. The van der Waals surface area contributed by atoms with E-state index in [-0.39, 0.29) is 11.3 Å². The van der Waals surface area contributed by atoms with Gasteiger partial charge in [-0.25, -0.2) is 0 Å². The summed E-state index contributed by atoms with van der Waals surface area (Å²) < 4.78 is 16.1. The number of carbonyl (C=O) groups excluding carboxylic acids is 2. The molecular weight excluding hydrogens is 398 g/mol. The topological polar surface area (TPSA) is 85.3 Å². The Balaban J connectivity index is 2.13. The first-order valence-corrected chi connectivity index (χ1v) is 10.2. The first-order chi connectivity index (χ1) is 15.0. The molecule has 0 radical (unpaired) electrons. The van der Waals surface area contributed by atoms with E-state index < -0.39 is 17.7 Å². The normalized spacial score (nSPS) is 17.8. The van der Waals surface area contributed by atoms with Crippen LogP contribution in [-0.4, -0.2) is 55.7 Å². The molecule has 3 rings (SSSR count). The number of aliphatic hydroxyl groups is 1. The standard InChI is InChI=1S/C24H27NO6/c1-4-31-18-12-11-17(15-19(18)30-3)21-20(22(26)16-9-6-5-7-10-16)23(27)24(28)25(21)13-8-14-29-2/h5-7,9-12,15,21,26H,4,8,13-14H2,1-3H3. The van der Waals surface area contributed by atoms with E-state index in [1.54, 1.807) is 49.6 Å². The molecule has 1 fully saturated rings. The Morgan fingerprint density at radius 1 is 1.06 bits per heavy atom. The summed E-state index contributed by atoms with van der Waals surface area (Å²) >= 11 is 0. The summed E-state index contributed by atoms with van der Waals surface area (Å²) in [5, 5.41) is 11.0. The third kappa shape index (κ3) is 4.56. The van der Waals surface area contributed by atoms with Crippen LogP contribution in [0.5, 0.6) is 11.5 Å². The van der Waals surface area contributed by atoms with Crippen LogP contribution in [0.3, 0.4) is 0 Å². The summed E-state index contributed by atoms with van der Waals surface area (Å²) in [6, 6.07) is 13.3. The zero-order valence-corrected chi connectivity index (χ0v) is 18.0. The third-order valence-electron chi connectivity index (χ3n) is 5.14. The van der Waals surface area contributed by atoms with Crippen molar-refractivity contribution in [2.45, 2.75) is 19.4 Å². The lowest BCUT2D eigenvalue weighted by molar-refractivity contribution is -0.140. The van der Waals surface area contributed by atoms with Crippen LogP contribution in [-0.2, 0) is 14.3 Å². The lowest BCUT2D eigenvalue weighted by Crippen LogP contribution is -2.31. The quantitative estimate of drug-likeness (QED) is 0.286. The van der Waals surface area contributed by atoms with Gasteiger partial charge in [0, 0.05) is 25.8 Å². The van der Waals surface area contributed by atoms with Crippen molar-refractivity contribution in [1.82, 2.24) is 4.90 Å². The Labute approximate surface area is 181 Å². The highest BCUT2D eigenvalue weighted by atomic mass is 16.5. The van der Waals surface area contributed by atoms with E-state index >= 15 is 0 Å². The van der Waals surface area contributed by atoms with Crippen molar-refractivity contribution >= 4 is 17.4 Å². The molecule has 1 aliphatic rings. The molecule has 1 unspecified atom stereocenters. The Morgan fingerprint density at radius 3 is 2.45 bits per heavy atom. The van der Waals surface area contributed by atoms with Gasteiger partial charge < -0.3 is 24.2 Å². The number of nitrogens with zero attached hydrogens (tertiary/aromatic N) is 1. The van der Waals surface area contributed by atoms with Gasteiger partial charge >= 0.3 is 0 Å². The minimum atomic E-state index is -0.748. The predicted octanol–water partition coefficient (Wildman–Crippen LogP) is 3.55. The summed E-state index contributed by atoms with van der Waals surface area (Å²) in [4.78, 5) is 27.3. The first-order valence-electron chi connectivity index (χ1n) is 10.2. The second-order valence-electron chi connectivity index (χ2n) is 7.05. The molecule has 2 aromatic rings. The Hall–Kier alpha value is -3.32. The number of hydrogen-bond donors (Lipinski definition) is 1. The van der Waals surface area contributed by atoms with Crippen molar-refractivity contribution in [3.63, 3.8) is 0 Å². The Kier molecular flexibility index (Phi) is 7.31. The fourth-order valence-corrected chi connectivity index (χ4v) is 3.72. The molecule has 7 heteroatoms. The van der Waals surface area contributed by atoms with Crippen LogP contribution in [0, 0.1) is 0 Å². The monoisotopic (exact) mass is 425 g/mol. The van der Waals surface area contributed by atoms with Gasteiger partial charge in [-0.15, -0.1) is 0 Å². The lowest BCUT2D eigenvalue weighted by atomic mass is 9.95. The minimum Gasteiger partial charge on any atom is -0.507 e. The molecule has 7 nitrogen and oxygen atoms in total. The van der Waals surface area contributed by atoms with E-state index in [4.69, 9.17) is 14.2 Å². The molecular formula is C24H27NO6. The average molecular weight is 425 g/mol. The maximum absolute atomic E-state index is 13.0. The van der Waals surface area contributed by atoms with Crippen LogP contribution in [0.25, 0.3) is 5.76 Å². The number of aliphatic hydroxyl groups excluding tert-OH is 1. The van der Waals surface area contributed by atoms with Gasteiger partial charge in [0.1, 0.15) is 5.76 Å². The van der Waals surface area contributed by atoms with Gasteiger partial charge in [-0.05, 0) is 31.0 Å². The molecule has 1 N–H and O–H groups in total. The fourth-order valence-electron chi connectivity index (χ4n) is 3.72. The maximum Gasteiger partial charge on any atom is 0.295 e. The molecule has 1 atom stereocenters. The minimum absolute atomic E-state index is 0.0554. The average Bonchev–Trinajstić information content (AvgIpc) is 3.05. The van der Waals surface area contributed by atoms with Crippen LogP contribution in [0.2, 0.25) is 0 Å². The number of benzene rings is 2. The molecule has 1 aliphatic heterocycles. The van der Waals surface area contributed by atoms with E-state index in [0.29, 0.717) is 48.8 Å². The molecule has 0 saturated carbocycles. The second kappa shape index (κ2) is 10.1. The number of hydrogen-bond acceptors (Lipinski definition) is 6. The van der Waals surface area contributed by atoms with Crippen molar-refractivity contribution in [2.75, 3.05) is 34.0 Å². The summed E-state index contributed by atoms with van der Waals surface area (Å²) in [6.45, 7) is 3.10. The van der Waals surface area contributed by atoms with Crippen LogP contribution in [0.4, 0.5) is 0 Å². The fraction of sp³-hybridized carbons (Fsp3) is 0.333. The molecule has 2 aromatic carbocycles. The van der Waals surface area contributed by atoms with Crippen LogP contribution < -0.4 is 9.47 Å². The molecule has 0 bridgehead atoms. The van der Waals surface area contributed by atoms with E-state index in [1.165, 1.54) is 12.0 Å². The highest BCUT2D eigenvalue weighted by Gasteiger charge is 2.46. The smallest absolute Gasteiger partial charge is 0.295 e. The van der Waals surface area contributed by atoms with Crippen molar-refractivity contribution in [3.05, 3.63) is 65.2 Å². The number of carbonyl (C=O) groups is 2. The maximum atomic E-state index is 13.0. The summed E-state index contributed by atoms with van der Waals surface area (Å²) in [5.41, 5.74) is 1.18. The van der Waals surface area contributed by atoms with E-state index in [1.807, 2.05) is 13.0 Å². The van der Waals surface area contributed by atoms with E-state index in [0.717, 1.165) is 0 Å². The van der Waals surface area contributed by atoms with Crippen LogP contribution in [0.1, 0.15) is 30.5 Å². The van der Waals surface area contributed by atoms with Crippen molar-refractivity contribution in [3.8, 4) is 11.5 Å². The predicted molar refractivity (Wildman–Crippen MR) is 116 cm³/mol. The summed E-state index contributed by atoms with van der Waals surface area (Å²) in [7, 11) is 3.11. The van der Waals surface area contributed by atoms with Gasteiger partial charge in [-0.2, -0.15) is 0 Å². The van der Waals surface area contributed by atoms with E-state index in [9.17, 15) is 14.7 Å². The highest BCUT2D eigenvalue weighted by molar-refractivity contribution is 6.46. The molecule has 1 heterocycles. The first kappa shape index (κ1) is 22.4. The SMILES string of the molecule is CCOc1ccc(C2C(=C(O)c3ccccc3)C(=O)C(=O)N2CCCOC)cc1OC. The number of amides is 1. The molecule has 0 aliphatic carbocycles. The third-order valence-corrected chi connectivity index (χ3v) is 5.14. The molecule has 0 aromatic heterocycles.